The van der Waals surface area contributed by atoms with Crippen LogP contribution in [0.5, 0.6) is 5.75 Å². The molecule has 0 spiro atoms. The summed E-state index contributed by atoms with van der Waals surface area (Å²) < 4.78 is 5.59. The molecule has 35 heavy (non-hydrogen) atoms. The lowest BCUT2D eigenvalue weighted by Crippen LogP contribution is -2.49. The summed E-state index contributed by atoms with van der Waals surface area (Å²) in [7, 11) is 0. The van der Waals surface area contributed by atoms with Gasteiger partial charge in [-0.1, -0.05) is 48.5 Å². The van der Waals surface area contributed by atoms with Crippen molar-refractivity contribution in [2.45, 2.75) is 6.92 Å². The van der Waals surface area contributed by atoms with Crippen LogP contribution in [0, 0.1) is 6.92 Å². The number of aryl methyl sites for hydroxylation is 1. The van der Waals surface area contributed by atoms with Crippen LogP contribution >= 0.6 is 12.2 Å². The summed E-state index contributed by atoms with van der Waals surface area (Å²) in [4.78, 5) is 29.2. The number of anilines is 2. The van der Waals surface area contributed by atoms with Gasteiger partial charge in [0, 0.05) is 31.7 Å². The molecule has 0 atom stereocenters. The third-order valence-electron chi connectivity index (χ3n) is 5.79. The molecule has 0 aliphatic carbocycles. The van der Waals surface area contributed by atoms with Crippen LogP contribution < -0.4 is 20.3 Å². The Morgan fingerprint density at radius 2 is 1.54 bits per heavy atom. The van der Waals surface area contributed by atoms with Crippen molar-refractivity contribution in [1.82, 2.24) is 10.2 Å². The first-order valence-electron chi connectivity index (χ1n) is 11.5. The molecule has 2 amide bonds. The van der Waals surface area contributed by atoms with E-state index >= 15 is 0 Å². The predicted molar refractivity (Wildman–Crippen MR) is 142 cm³/mol. The van der Waals surface area contributed by atoms with E-state index < -0.39 is 0 Å². The normalized spacial score (nSPS) is 13.2. The zero-order valence-electron chi connectivity index (χ0n) is 19.6. The van der Waals surface area contributed by atoms with E-state index in [9.17, 15) is 9.59 Å². The van der Waals surface area contributed by atoms with Crippen LogP contribution in [0.2, 0.25) is 0 Å². The van der Waals surface area contributed by atoms with Crippen molar-refractivity contribution in [3.8, 4) is 5.75 Å². The fourth-order valence-corrected chi connectivity index (χ4v) is 4.17. The Labute approximate surface area is 210 Å². The second-order valence-electron chi connectivity index (χ2n) is 8.22. The summed E-state index contributed by atoms with van der Waals surface area (Å²) >= 11 is 5.37. The molecule has 8 heteroatoms. The Balaban J connectivity index is 1.31. The smallest absolute Gasteiger partial charge is 0.264 e. The van der Waals surface area contributed by atoms with Crippen molar-refractivity contribution in [3.05, 3.63) is 90.0 Å². The topological polar surface area (TPSA) is 73.9 Å². The van der Waals surface area contributed by atoms with Gasteiger partial charge in [0.05, 0.1) is 11.4 Å². The third-order valence-corrected chi connectivity index (χ3v) is 5.99. The number of rotatable bonds is 6. The van der Waals surface area contributed by atoms with Gasteiger partial charge in [-0.2, -0.15) is 0 Å². The maximum absolute atomic E-state index is 12.7. The quantitative estimate of drug-likeness (QED) is 0.514. The number of para-hydroxylation sites is 3. The van der Waals surface area contributed by atoms with Crippen molar-refractivity contribution in [3.63, 3.8) is 0 Å². The molecule has 2 N–H and O–H groups in total. The van der Waals surface area contributed by atoms with Crippen LogP contribution in [0.1, 0.15) is 15.9 Å². The van der Waals surface area contributed by atoms with Gasteiger partial charge in [0.25, 0.3) is 11.8 Å². The summed E-state index contributed by atoms with van der Waals surface area (Å²) in [6, 6.07) is 24.7. The van der Waals surface area contributed by atoms with E-state index in [-0.39, 0.29) is 23.5 Å². The van der Waals surface area contributed by atoms with E-state index in [1.165, 1.54) is 0 Å². The fourth-order valence-electron chi connectivity index (χ4n) is 3.95. The molecule has 1 fully saturated rings. The molecule has 0 saturated carbocycles. The van der Waals surface area contributed by atoms with Gasteiger partial charge in [0.1, 0.15) is 5.75 Å². The van der Waals surface area contributed by atoms with Crippen LogP contribution in [0.3, 0.4) is 0 Å². The highest BCUT2D eigenvalue weighted by atomic mass is 32.1. The summed E-state index contributed by atoms with van der Waals surface area (Å²) in [5, 5.41) is 6.01. The first-order valence-corrected chi connectivity index (χ1v) is 11.9. The summed E-state index contributed by atoms with van der Waals surface area (Å²) in [5.74, 6) is 0.376. The minimum absolute atomic E-state index is 0.0495. The zero-order chi connectivity index (χ0) is 24.6. The van der Waals surface area contributed by atoms with Gasteiger partial charge in [0.2, 0.25) is 0 Å². The number of benzene rings is 3. The Morgan fingerprint density at radius 1 is 0.886 bits per heavy atom. The molecular weight excluding hydrogens is 460 g/mol. The Bertz CT molecular complexity index is 1190. The molecule has 7 nitrogen and oxygen atoms in total. The van der Waals surface area contributed by atoms with E-state index in [0.717, 1.165) is 16.9 Å². The van der Waals surface area contributed by atoms with Gasteiger partial charge in [0.15, 0.2) is 11.7 Å². The van der Waals surface area contributed by atoms with Crippen molar-refractivity contribution < 1.29 is 14.3 Å². The number of amides is 2. The van der Waals surface area contributed by atoms with E-state index in [2.05, 4.69) is 15.5 Å². The van der Waals surface area contributed by atoms with Crippen molar-refractivity contribution in [2.75, 3.05) is 43.0 Å². The molecule has 0 unspecified atom stereocenters. The van der Waals surface area contributed by atoms with Crippen LogP contribution in [-0.4, -0.2) is 54.6 Å². The van der Waals surface area contributed by atoms with Gasteiger partial charge >= 0.3 is 0 Å². The molecule has 1 saturated heterocycles. The number of nitrogens with one attached hydrogen (secondary N) is 2. The molecule has 1 aliphatic rings. The molecule has 1 heterocycles. The summed E-state index contributed by atoms with van der Waals surface area (Å²) in [6.07, 6.45) is 0. The van der Waals surface area contributed by atoms with Crippen molar-refractivity contribution in [1.29, 1.82) is 0 Å². The van der Waals surface area contributed by atoms with Gasteiger partial charge < -0.3 is 19.9 Å². The van der Waals surface area contributed by atoms with E-state index in [1.54, 1.807) is 0 Å². The number of ether oxygens (including phenoxy) is 1. The van der Waals surface area contributed by atoms with Crippen LogP contribution in [-0.2, 0) is 4.79 Å². The zero-order valence-corrected chi connectivity index (χ0v) is 20.4. The molecule has 4 rings (SSSR count). The number of carbonyl (C=O) groups is 2. The maximum atomic E-state index is 12.7. The largest absolute Gasteiger partial charge is 0.483 e. The lowest BCUT2D eigenvalue weighted by atomic mass is 10.1. The van der Waals surface area contributed by atoms with Gasteiger partial charge in [-0.3, -0.25) is 14.9 Å². The Kier molecular flexibility index (Phi) is 7.95. The average Bonchev–Trinajstić information content (AvgIpc) is 2.89. The highest BCUT2D eigenvalue weighted by Crippen LogP contribution is 2.27. The second kappa shape index (κ2) is 11.5. The SMILES string of the molecule is Cc1ccccc1OCC(=O)NC(=S)Nc1ccccc1N1CCN(C(=O)c2ccccc2)CC1. The number of thiocarbonyl (C=S) groups is 1. The highest BCUT2D eigenvalue weighted by Gasteiger charge is 2.23. The van der Waals surface area contributed by atoms with Crippen LogP contribution in [0.25, 0.3) is 0 Å². The van der Waals surface area contributed by atoms with Crippen molar-refractivity contribution in [2.24, 2.45) is 0 Å². The minimum Gasteiger partial charge on any atom is -0.483 e. The molecular formula is C27H28N4O3S. The lowest BCUT2D eigenvalue weighted by molar-refractivity contribution is -0.121. The molecule has 0 radical (unpaired) electrons. The Hall–Kier alpha value is -3.91. The van der Waals surface area contributed by atoms with E-state index in [1.807, 2.05) is 90.7 Å². The minimum atomic E-state index is -0.337. The standard InChI is InChI=1S/C27H28N4O3S/c1-20-9-5-8-14-24(20)34-19-25(32)29-27(35)28-22-12-6-7-13-23(22)30-15-17-31(18-16-30)26(33)21-10-3-2-4-11-21/h2-14H,15-19H2,1H3,(H2,28,29,32,35). The van der Waals surface area contributed by atoms with Gasteiger partial charge in [-0.05, 0) is 55.0 Å². The highest BCUT2D eigenvalue weighted by molar-refractivity contribution is 7.80. The number of hydrogen-bond acceptors (Lipinski definition) is 5. The Morgan fingerprint density at radius 3 is 2.29 bits per heavy atom. The van der Waals surface area contributed by atoms with Gasteiger partial charge in [-0.25, -0.2) is 0 Å². The monoisotopic (exact) mass is 488 g/mol. The average molecular weight is 489 g/mol. The predicted octanol–water partition coefficient (Wildman–Crippen LogP) is 3.85. The lowest BCUT2D eigenvalue weighted by Gasteiger charge is -2.37. The van der Waals surface area contributed by atoms with Crippen LogP contribution in [0.4, 0.5) is 11.4 Å². The third kappa shape index (κ3) is 6.36. The molecule has 3 aromatic rings. The fraction of sp³-hybridized carbons (Fsp3) is 0.222. The van der Waals surface area contributed by atoms with Gasteiger partial charge in [-0.15, -0.1) is 0 Å². The van der Waals surface area contributed by atoms with E-state index in [0.29, 0.717) is 37.5 Å². The molecule has 0 aromatic heterocycles. The molecule has 0 bridgehead atoms. The maximum Gasteiger partial charge on any atom is 0.264 e. The summed E-state index contributed by atoms with van der Waals surface area (Å²) in [5.41, 5.74) is 3.42. The molecule has 180 valence electrons. The number of carbonyl (C=O) groups excluding carboxylic acids is 2. The second-order valence-corrected chi connectivity index (χ2v) is 8.63. The summed E-state index contributed by atoms with van der Waals surface area (Å²) in [6.45, 7) is 4.43. The number of nitrogens with zero attached hydrogens (tertiary/aromatic N) is 2. The van der Waals surface area contributed by atoms with Crippen LogP contribution in [0.15, 0.2) is 78.9 Å². The first-order chi connectivity index (χ1) is 17.0. The van der Waals surface area contributed by atoms with Crippen molar-refractivity contribution >= 4 is 40.5 Å². The first kappa shape index (κ1) is 24.2. The number of piperazine rings is 1. The number of hydrogen-bond donors (Lipinski definition) is 2. The molecule has 3 aromatic carbocycles. The van der Waals surface area contributed by atoms with E-state index in [4.69, 9.17) is 17.0 Å². The molecule has 1 aliphatic heterocycles.